The van der Waals surface area contributed by atoms with Crippen molar-refractivity contribution in [1.29, 1.82) is 0 Å². The second-order valence-corrected chi connectivity index (χ2v) is 7.00. The topological polar surface area (TPSA) is 45.7 Å². The first kappa shape index (κ1) is 17.8. The molecule has 0 atom stereocenters. The van der Waals surface area contributed by atoms with Gasteiger partial charge < -0.3 is 9.64 Å². The van der Waals surface area contributed by atoms with Gasteiger partial charge in [0, 0.05) is 25.2 Å². The van der Waals surface area contributed by atoms with Crippen LogP contribution >= 0.6 is 15.9 Å². The number of anilines is 1. The van der Waals surface area contributed by atoms with E-state index in [1.54, 1.807) is 20.8 Å². The van der Waals surface area contributed by atoms with Crippen LogP contribution in [0.4, 0.5) is 23.8 Å². The molecule has 0 saturated carbocycles. The Balaban J connectivity index is 2.15. The summed E-state index contributed by atoms with van der Waals surface area (Å²) in [7, 11) is 0. The molecule has 128 valence electrons. The molecule has 1 amide bonds. The number of halogens is 4. The van der Waals surface area contributed by atoms with Gasteiger partial charge in [-0.3, -0.25) is 0 Å². The first-order valence-electron chi connectivity index (χ1n) is 6.94. The third-order valence-corrected chi connectivity index (χ3v) is 3.46. The lowest BCUT2D eigenvalue weighted by atomic mass is 10.2. The Kier molecular flexibility index (Phi) is 4.79. The average Bonchev–Trinajstić information content (AvgIpc) is 2.33. The van der Waals surface area contributed by atoms with Crippen molar-refractivity contribution in [1.82, 2.24) is 9.88 Å². The SMILES string of the molecule is CC(C)(C)OC(=O)N1CCN(c2cc(F)cc(Br)n2)CC1(F)F. The minimum absolute atomic E-state index is 0.0837. The van der Waals surface area contributed by atoms with Gasteiger partial charge in [-0.25, -0.2) is 19.1 Å². The molecule has 1 aliphatic rings. The van der Waals surface area contributed by atoms with E-state index in [0.717, 1.165) is 12.1 Å². The lowest BCUT2D eigenvalue weighted by Gasteiger charge is -2.41. The number of hydrogen-bond acceptors (Lipinski definition) is 4. The molecule has 1 saturated heterocycles. The molecule has 0 aromatic carbocycles. The zero-order chi connectivity index (χ0) is 17.4. The van der Waals surface area contributed by atoms with E-state index in [1.807, 2.05) is 0 Å². The highest BCUT2D eigenvalue weighted by Crippen LogP contribution is 2.30. The third-order valence-electron chi connectivity index (χ3n) is 3.05. The molecule has 0 radical (unpaired) electrons. The number of carbonyl (C=O) groups excluding carboxylic acids is 1. The molecule has 1 aromatic heterocycles. The highest BCUT2D eigenvalue weighted by molar-refractivity contribution is 9.10. The smallest absolute Gasteiger partial charge is 0.415 e. The summed E-state index contributed by atoms with van der Waals surface area (Å²) < 4.78 is 47.2. The summed E-state index contributed by atoms with van der Waals surface area (Å²) in [6.45, 7) is 3.87. The molecule has 0 bridgehead atoms. The summed E-state index contributed by atoms with van der Waals surface area (Å²) in [5, 5.41) is 0. The maximum Gasteiger partial charge on any atom is 0.415 e. The van der Waals surface area contributed by atoms with E-state index in [-0.39, 0.29) is 23.5 Å². The number of pyridine rings is 1. The minimum Gasteiger partial charge on any atom is -0.444 e. The summed E-state index contributed by atoms with van der Waals surface area (Å²) in [5.41, 5.74) is -0.862. The lowest BCUT2D eigenvalue weighted by Crippen LogP contribution is -2.60. The second-order valence-electron chi connectivity index (χ2n) is 6.19. The molecule has 1 fully saturated rings. The fraction of sp³-hybridized carbons (Fsp3) is 0.571. The van der Waals surface area contributed by atoms with Crippen molar-refractivity contribution < 1.29 is 22.7 Å². The van der Waals surface area contributed by atoms with Crippen molar-refractivity contribution in [3.05, 3.63) is 22.6 Å². The van der Waals surface area contributed by atoms with Gasteiger partial charge in [-0.05, 0) is 36.7 Å². The van der Waals surface area contributed by atoms with Crippen molar-refractivity contribution in [2.24, 2.45) is 0 Å². The van der Waals surface area contributed by atoms with E-state index in [0.29, 0.717) is 4.90 Å². The van der Waals surface area contributed by atoms with Gasteiger partial charge in [0.15, 0.2) is 0 Å². The van der Waals surface area contributed by atoms with Crippen LogP contribution in [0.3, 0.4) is 0 Å². The number of alkyl halides is 2. The molecule has 0 N–H and O–H groups in total. The second kappa shape index (κ2) is 6.18. The largest absolute Gasteiger partial charge is 0.444 e. The van der Waals surface area contributed by atoms with Crippen molar-refractivity contribution >= 4 is 27.8 Å². The van der Waals surface area contributed by atoms with Gasteiger partial charge in [0.2, 0.25) is 0 Å². The van der Waals surface area contributed by atoms with Crippen molar-refractivity contribution in [2.45, 2.75) is 32.4 Å². The van der Waals surface area contributed by atoms with Crippen LogP contribution in [0, 0.1) is 5.82 Å². The predicted molar refractivity (Wildman–Crippen MR) is 82.0 cm³/mol. The first-order chi connectivity index (χ1) is 10.5. The number of ether oxygens (including phenoxy) is 1. The van der Waals surface area contributed by atoms with Crippen LogP contribution in [-0.4, -0.2) is 47.3 Å². The summed E-state index contributed by atoms with van der Waals surface area (Å²) in [5.74, 6) is -0.500. The Labute approximate surface area is 140 Å². The van der Waals surface area contributed by atoms with Gasteiger partial charge in [-0.1, -0.05) is 0 Å². The van der Waals surface area contributed by atoms with Gasteiger partial charge in [-0.15, -0.1) is 0 Å². The van der Waals surface area contributed by atoms with Crippen LogP contribution in [0.25, 0.3) is 0 Å². The Hall–Kier alpha value is -1.51. The van der Waals surface area contributed by atoms with E-state index < -0.39 is 30.1 Å². The van der Waals surface area contributed by atoms with Crippen LogP contribution in [0.5, 0.6) is 0 Å². The molecule has 2 heterocycles. The zero-order valence-electron chi connectivity index (χ0n) is 12.9. The fourth-order valence-corrected chi connectivity index (χ4v) is 2.53. The molecule has 0 unspecified atom stereocenters. The van der Waals surface area contributed by atoms with Crippen molar-refractivity contribution in [2.75, 3.05) is 24.5 Å². The maximum atomic E-state index is 14.3. The van der Waals surface area contributed by atoms with Gasteiger partial charge in [0.05, 0.1) is 0 Å². The first-order valence-corrected chi connectivity index (χ1v) is 7.74. The maximum absolute atomic E-state index is 14.3. The number of piperazine rings is 1. The number of rotatable bonds is 1. The molecule has 1 aliphatic heterocycles. The minimum atomic E-state index is -3.44. The van der Waals surface area contributed by atoms with Crippen molar-refractivity contribution in [3.63, 3.8) is 0 Å². The Bertz CT molecular complexity index is 587. The molecule has 0 aliphatic carbocycles. The average molecular weight is 396 g/mol. The zero-order valence-corrected chi connectivity index (χ0v) is 14.5. The van der Waals surface area contributed by atoms with E-state index in [9.17, 15) is 18.0 Å². The highest BCUT2D eigenvalue weighted by atomic mass is 79.9. The number of amides is 1. The summed E-state index contributed by atoms with van der Waals surface area (Å²) in [6.07, 6.45) is -1.07. The van der Waals surface area contributed by atoms with Gasteiger partial charge in [0.1, 0.15) is 28.4 Å². The molecule has 5 nitrogen and oxygen atoms in total. The number of carbonyl (C=O) groups is 1. The third kappa shape index (κ3) is 4.49. The van der Waals surface area contributed by atoms with E-state index in [2.05, 4.69) is 20.9 Å². The van der Waals surface area contributed by atoms with Crippen LogP contribution in [-0.2, 0) is 4.74 Å². The molecule has 9 heteroatoms. The summed E-state index contributed by atoms with van der Waals surface area (Å²) in [6, 6.07) is -1.23. The van der Waals surface area contributed by atoms with Crippen LogP contribution < -0.4 is 4.90 Å². The standard InChI is InChI=1S/C14H17BrF3N3O2/c1-13(2,3)23-12(22)21-5-4-20(8-14(21,17)18)11-7-9(16)6-10(15)19-11/h6-7H,4-5,8H2,1-3H3. The summed E-state index contributed by atoms with van der Waals surface area (Å²) >= 11 is 3.03. The van der Waals surface area contributed by atoms with Crippen molar-refractivity contribution in [3.8, 4) is 0 Å². The number of aromatic nitrogens is 1. The molecule has 0 spiro atoms. The molecule has 2 rings (SSSR count). The number of hydrogen-bond donors (Lipinski definition) is 0. The van der Waals surface area contributed by atoms with E-state index in [4.69, 9.17) is 4.74 Å². The Morgan fingerprint density at radius 2 is 2.00 bits per heavy atom. The Morgan fingerprint density at radius 1 is 1.35 bits per heavy atom. The van der Waals surface area contributed by atoms with Gasteiger partial charge in [-0.2, -0.15) is 8.78 Å². The van der Waals surface area contributed by atoms with Crippen LogP contribution in [0.15, 0.2) is 16.7 Å². The van der Waals surface area contributed by atoms with E-state index >= 15 is 0 Å². The van der Waals surface area contributed by atoms with Gasteiger partial charge in [0.25, 0.3) is 0 Å². The normalized spacial score (nSPS) is 18.0. The molecule has 23 heavy (non-hydrogen) atoms. The summed E-state index contributed by atoms with van der Waals surface area (Å²) in [4.78, 5) is 17.5. The fourth-order valence-electron chi connectivity index (χ4n) is 2.13. The molecular weight excluding hydrogens is 379 g/mol. The lowest BCUT2D eigenvalue weighted by molar-refractivity contribution is -0.141. The van der Waals surface area contributed by atoms with E-state index in [1.165, 1.54) is 4.90 Å². The van der Waals surface area contributed by atoms with Crippen LogP contribution in [0.2, 0.25) is 0 Å². The highest BCUT2D eigenvalue weighted by Gasteiger charge is 2.47. The molecular formula is C14H17BrF3N3O2. The number of nitrogens with zero attached hydrogens (tertiary/aromatic N) is 3. The predicted octanol–water partition coefficient (Wildman–Crippen LogP) is 3.63. The molecule has 1 aromatic rings. The monoisotopic (exact) mass is 395 g/mol. The Morgan fingerprint density at radius 3 is 2.52 bits per heavy atom. The quantitative estimate of drug-likeness (QED) is 0.537. The van der Waals surface area contributed by atoms with Gasteiger partial charge >= 0.3 is 12.1 Å². The van der Waals surface area contributed by atoms with Crippen LogP contribution in [0.1, 0.15) is 20.8 Å².